The van der Waals surface area contributed by atoms with E-state index in [1.165, 1.54) is 7.11 Å². The van der Waals surface area contributed by atoms with Gasteiger partial charge in [-0.2, -0.15) is 0 Å². The lowest BCUT2D eigenvalue weighted by molar-refractivity contribution is -0.139. The van der Waals surface area contributed by atoms with E-state index in [9.17, 15) is 9.36 Å². The molecule has 0 aliphatic heterocycles. The van der Waals surface area contributed by atoms with Crippen molar-refractivity contribution in [1.82, 2.24) is 0 Å². The van der Waals surface area contributed by atoms with Gasteiger partial charge >= 0.3 is 5.97 Å². The van der Waals surface area contributed by atoms with Crippen molar-refractivity contribution in [3.63, 3.8) is 0 Å². The van der Waals surface area contributed by atoms with Crippen molar-refractivity contribution in [3.8, 4) is 0 Å². The average Bonchev–Trinajstić information content (AvgIpc) is 1.84. The number of carbonyl (C=O) groups is 1. The van der Waals surface area contributed by atoms with Crippen molar-refractivity contribution in [2.45, 2.75) is 12.6 Å². The number of esters is 1. The monoisotopic (exact) mass is 150 g/mol. The van der Waals surface area contributed by atoms with Crippen LogP contribution in [0.3, 0.4) is 0 Å². The third-order valence-electron chi connectivity index (χ3n) is 1.16. The van der Waals surface area contributed by atoms with Gasteiger partial charge in [0.1, 0.15) is 5.66 Å². The van der Waals surface area contributed by atoms with E-state index in [0.717, 1.165) is 0 Å². The van der Waals surface area contributed by atoms with Crippen LogP contribution in [0, 0.1) is 0 Å². The first-order valence-electron chi connectivity index (χ1n) is 2.68. The van der Waals surface area contributed by atoms with Crippen molar-refractivity contribution >= 4 is 13.8 Å². The zero-order chi connectivity index (χ0) is 7.44. The summed E-state index contributed by atoms with van der Waals surface area (Å²) in [6.07, 6.45) is 0. The molecule has 0 fully saturated rings. The second-order valence-corrected chi connectivity index (χ2v) is 3.94. The minimum atomic E-state index is -1.75. The van der Waals surface area contributed by atoms with Gasteiger partial charge in [0, 0.05) is 0 Å². The van der Waals surface area contributed by atoms with Crippen molar-refractivity contribution in [3.05, 3.63) is 0 Å². The average molecular weight is 150 g/mol. The lowest BCUT2D eigenvalue weighted by Crippen LogP contribution is -2.13. The summed E-state index contributed by atoms with van der Waals surface area (Å²) in [5.74, 6) is -0.388. The summed E-state index contributed by atoms with van der Waals surface area (Å²) in [6.45, 7) is 3.15. The molecule has 0 aliphatic carbocycles. The van der Waals surface area contributed by atoms with E-state index in [1.807, 2.05) is 0 Å². The Balaban J connectivity index is 3.88. The first-order valence-corrected chi connectivity index (χ1v) is 4.66. The van der Waals surface area contributed by atoms with E-state index >= 15 is 0 Å². The van der Waals surface area contributed by atoms with Crippen LogP contribution in [-0.4, -0.2) is 25.4 Å². The van der Waals surface area contributed by atoms with Gasteiger partial charge in [-0.15, -0.1) is 0 Å². The Kier molecular flexibility index (Phi) is 3.55. The number of ether oxygens (including phenoxy) is 1. The quantitative estimate of drug-likeness (QED) is 0.430. The van der Waals surface area contributed by atoms with Gasteiger partial charge in [0.15, 0.2) is 0 Å². The second-order valence-electron chi connectivity index (χ2n) is 1.86. The number of carbonyl (C=O) groups excluding carboxylic acids is 1. The van der Waals surface area contributed by atoms with Gasteiger partial charge in [0.2, 0.25) is 0 Å². The zero-order valence-electron chi connectivity index (χ0n) is 5.80. The molecule has 54 valence electrons. The molecule has 0 saturated carbocycles. The smallest absolute Gasteiger partial charge is 0.315 e. The summed E-state index contributed by atoms with van der Waals surface area (Å²) in [6, 6.07) is 0. The van der Waals surface area contributed by atoms with E-state index < -0.39 is 13.5 Å². The van der Waals surface area contributed by atoms with Crippen LogP contribution in [-0.2, 0) is 14.1 Å². The van der Waals surface area contributed by atoms with Crippen LogP contribution in [0.4, 0.5) is 0 Å². The molecule has 0 spiro atoms. The van der Waals surface area contributed by atoms with Crippen LogP contribution < -0.4 is 0 Å². The molecule has 0 radical (unpaired) electrons. The fraction of sp³-hybridized carbons (Fsp3) is 0.800. The van der Waals surface area contributed by atoms with Gasteiger partial charge in [-0.25, -0.2) is 0 Å². The van der Waals surface area contributed by atoms with Crippen molar-refractivity contribution in [1.29, 1.82) is 0 Å². The summed E-state index contributed by atoms with van der Waals surface area (Å²) < 4.78 is 15.0. The number of methoxy groups -OCH3 is 1. The lowest BCUT2D eigenvalue weighted by atomic mass is 10.5. The molecule has 0 aromatic rings. The number of hydrogen-bond acceptors (Lipinski definition) is 3. The third kappa shape index (κ3) is 2.66. The molecule has 0 aliphatic rings. The van der Waals surface area contributed by atoms with Crippen molar-refractivity contribution in [2.24, 2.45) is 0 Å². The van der Waals surface area contributed by atoms with Gasteiger partial charge in [0.25, 0.3) is 0 Å². The van der Waals surface area contributed by atoms with Crippen LogP contribution in [0.25, 0.3) is 0 Å². The zero-order valence-corrected chi connectivity index (χ0v) is 6.80. The van der Waals surface area contributed by atoms with Gasteiger partial charge in [-0.05, 0) is 13.6 Å². The topological polar surface area (TPSA) is 43.4 Å². The number of hydrogen-bond donors (Lipinski definition) is 0. The normalized spacial score (nSPS) is 16.3. The predicted octanol–water partition coefficient (Wildman–Crippen LogP) is 0.737. The van der Waals surface area contributed by atoms with E-state index in [1.54, 1.807) is 13.6 Å². The van der Waals surface area contributed by atoms with Crippen molar-refractivity contribution in [2.75, 3.05) is 13.8 Å². The first kappa shape index (κ1) is 8.70. The fourth-order valence-corrected chi connectivity index (χ4v) is 0.793. The van der Waals surface area contributed by atoms with Crippen LogP contribution in [0.15, 0.2) is 0 Å². The molecular formula is C5H11O3P. The molecule has 0 aromatic heterocycles. The van der Waals surface area contributed by atoms with Gasteiger partial charge in [-0.3, -0.25) is 4.79 Å². The molecule has 0 aromatic carbocycles. The maximum Gasteiger partial charge on any atom is 0.315 e. The SMILES string of the molecule is COC(=O)C(C)[PH](C)=O. The molecule has 2 unspecified atom stereocenters. The maximum atomic E-state index is 10.6. The largest absolute Gasteiger partial charge is 0.468 e. The highest BCUT2D eigenvalue weighted by Crippen LogP contribution is 2.22. The Morgan fingerprint density at radius 2 is 2.11 bits per heavy atom. The highest BCUT2D eigenvalue weighted by atomic mass is 31.1. The molecule has 9 heavy (non-hydrogen) atoms. The summed E-state index contributed by atoms with van der Waals surface area (Å²) >= 11 is 0. The Morgan fingerprint density at radius 3 is 2.22 bits per heavy atom. The second kappa shape index (κ2) is 3.67. The first-order chi connectivity index (χ1) is 4.09. The van der Waals surface area contributed by atoms with Crippen LogP contribution >= 0.6 is 7.80 Å². The Bertz CT molecular complexity index is 132. The van der Waals surface area contributed by atoms with Gasteiger partial charge < -0.3 is 9.30 Å². The summed E-state index contributed by atoms with van der Waals surface area (Å²) in [5.41, 5.74) is -0.431. The Morgan fingerprint density at radius 1 is 1.67 bits per heavy atom. The molecule has 0 amide bonds. The summed E-state index contributed by atoms with van der Waals surface area (Å²) in [4.78, 5) is 10.6. The molecule has 3 nitrogen and oxygen atoms in total. The molecule has 0 heterocycles. The minimum Gasteiger partial charge on any atom is -0.468 e. The highest BCUT2D eigenvalue weighted by molar-refractivity contribution is 7.45. The minimum absolute atomic E-state index is 0.388. The Hall–Kier alpha value is -0.300. The molecule has 0 saturated heterocycles. The molecule has 0 bridgehead atoms. The summed E-state index contributed by atoms with van der Waals surface area (Å²) in [7, 11) is -0.453. The molecular weight excluding hydrogens is 139 g/mol. The van der Waals surface area contributed by atoms with Crippen LogP contribution in [0.5, 0.6) is 0 Å². The van der Waals surface area contributed by atoms with E-state index in [4.69, 9.17) is 0 Å². The van der Waals surface area contributed by atoms with Crippen LogP contribution in [0.1, 0.15) is 6.92 Å². The number of rotatable bonds is 2. The maximum absolute atomic E-state index is 10.6. The lowest BCUT2D eigenvalue weighted by Gasteiger charge is -2.03. The molecule has 2 atom stereocenters. The fourth-order valence-electron chi connectivity index (χ4n) is 0.343. The van der Waals surface area contributed by atoms with Gasteiger partial charge in [0.05, 0.1) is 14.9 Å². The molecule has 0 N–H and O–H groups in total. The molecule has 4 heteroatoms. The summed E-state index contributed by atoms with van der Waals surface area (Å²) in [5, 5.41) is 0. The standard InChI is InChI=1S/C5H11O3P/c1-4(9(3)7)5(6)8-2/h4,9H,1-3H3. The Labute approximate surface area is 55.2 Å². The van der Waals surface area contributed by atoms with E-state index in [-0.39, 0.29) is 5.97 Å². The third-order valence-corrected chi connectivity index (χ3v) is 2.62. The molecule has 0 rings (SSSR count). The van der Waals surface area contributed by atoms with E-state index in [2.05, 4.69) is 4.74 Å². The van der Waals surface area contributed by atoms with Gasteiger partial charge in [-0.1, -0.05) is 0 Å². The van der Waals surface area contributed by atoms with E-state index in [0.29, 0.717) is 0 Å². The van der Waals surface area contributed by atoms with Crippen LogP contribution in [0.2, 0.25) is 0 Å². The highest BCUT2D eigenvalue weighted by Gasteiger charge is 2.15. The predicted molar refractivity (Wildman–Crippen MR) is 36.4 cm³/mol. The van der Waals surface area contributed by atoms with Crippen molar-refractivity contribution < 1.29 is 14.1 Å².